The molecule has 1 N–H and O–H groups in total. The largest absolute Gasteiger partial charge is 0.433 e. The lowest BCUT2D eigenvalue weighted by molar-refractivity contribution is -0.141. The topological polar surface area (TPSA) is 41.0 Å². The van der Waals surface area contributed by atoms with Gasteiger partial charge in [0.05, 0.1) is 0 Å². The summed E-state index contributed by atoms with van der Waals surface area (Å²) in [5.41, 5.74) is -0.875. The van der Waals surface area contributed by atoms with Gasteiger partial charge in [-0.15, -0.1) is 0 Å². The summed E-state index contributed by atoms with van der Waals surface area (Å²) in [6.07, 6.45) is -3.23. The second-order valence-corrected chi connectivity index (χ2v) is 5.21. The minimum atomic E-state index is -4.42. The van der Waals surface area contributed by atoms with E-state index < -0.39 is 11.9 Å². The Bertz CT molecular complexity index is 476. The summed E-state index contributed by atoms with van der Waals surface area (Å²) in [5, 5.41) is 3.31. The smallest absolute Gasteiger partial charge is 0.337 e. The normalized spacial score (nSPS) is 30.7. The van der Waals surface area contributed by atoms with Crippen molar-refractivity contribution in [3.05, 3.63) is 18.0 Å². The molecular weight excluding hydrogens is 257 g/mol. The first kappa shape index (κ1) is 12.7. The average Bonchev–Trinajstić information content (AvgIpc) is 2.92. The lowest BCUT2D eigenvalue weighted by Crippen LogP contribution is -2.34. The first-order valence-electron chi connectivity index (χ1n) is 6.34. The molecule has 3 heterocycles. The second kappa shape index (κ2) is 4.33. The Morgan fingerprint density at radius 1 is 1.37 bits per heavy atom. The molecule has 0 radical (unpaired) electrons. The molecule has 2 saturated heterocycles. The number of halogens is 3. The number of nitrogens with one attached hydrogen (secondary N) is 1. The Hall–Kier alpha value is -1.37. The van der Waals surface area contributed by atoms with E-state index in [1.54, 1.807) is 0 Å². The third-order valence-electron chi connectivity index (χ3n) is 4.12. The number of alkyl halides is 3. The fourth-order valence-electron chi connectivity index (χ4n) is 3.08. The van der Waals surface area contributed by atoms with Crippen LogP contribution in [0.1, 0.15) is 12.6 Å². The number of hydrogen-bond donors (Lipinski definition) is 1. The minimum Gasteiger partial charge on any atom is -0.337 e. The van der Waals surface area contributed by atoms with Crippen molar-refractivity contribution in [3.8, 4) is 0 Å². The zero-order chi connectivity index (χ0) is 13.6. The van der Waals surface area contributed by atoms with Gasteiger partial charge in [0.2, 0.25) is 5.95 Å². The fourth-order valence-corrected chi connectivity index (χ4v) is 3.08. The molecular formula is C12H15F3N4. The maximum atomic E-state index is 12.7. The van der Waals surface area contributed by atoms with Crippen molar-refractivity contribution in [2.24, 2.45) is 11.8 Å². The fraction of sp³-hybridized carbons (Fsp3) is 0.667. The Kier molecular flexibility index (Phi) is 2.88. The second-order valence-electron chi connectivity index (χ2n) is 5.21. The molecule has 0 bridgehead atoms. The molecule has 1 aromatic heterocycles. The van der Waals surface area contributed by atoms with Gasteiger partial charge in [0.1, 0.15) is 5.69 Å². The molecule has 0 saturated carbocycles. The number of anilines is 1. The van der Waals surface area contributed by atoms with Crippen molar-refractivity contribution in [2.45, 2.75) is 19.1 Å². The summed E-state index contributed by atoms with van der Waals surface area (Å²) < 4.78 is 38.0. The lowest BCUT2D eigenvalue weighted by Gasteiger charge is -2.24. The van der Waals surface area contributed by atoms with E-state index in [0.717, 1.165) is 25.7 Å². The first-order chi connectivity index (χ1) is 8.97. The quantitative estimate of drug-likeness (QED) is 0.842. The van der Waals surface area contributed by atoms with Crippen molar-refractivity contribution in [1.29, 1.82) is 0 Å². The molecule has 3 rings (SSSR count). The van der Waals surface area contributed by atoms with E-state index in [1.807, 2.05) is 11.8 Å². The van der Waals surface area contributed by atoms with E-state index >= 15 is 0 Å². The minimum absolute atomic E-state index is 0.170. The van der Waals surface area contributed by atoms with E-state index in [2.05, 4.69) is 15.3 Å². The average molecular weight is 272 g/mol. The van der Waals surface area contributed by atoms with Gasteiger partial charge in [-0.3, -0.25) is 0 Å². The summed E-state index contributed by atoms with van der Waals surface area (Å²) in [7, 11) is 0. The van der Waals surface area contributed by atoms with Crippen molar-refractivity contribution >= 4 is 5.95 Å². The first-order valence-corrected chi connectivity index (χ1v) is 6.34. The van der Waals surface area contributed by atoms with Crippen LogP contribution in [0, 0.1) is 11.8 Å². The summed E-state index contributed by atoms with van der Waals surface area (Å²) in [4.78, 5) is 9.57. The maximum absolute atomic E-state index is 12.7. The SMILES string of the molecule is CC1C2CNCC2CN1c1nccc(C(F)(F)F)n1. The number of aromatic nitrogens is 2. The summed E-state index contributed by atoms with van der Waals surface area (Å²) >= 11 is 0. The van der Waals surface area contributed by atoms with Crippen molar-refractivity contribution in [2.75, 3.05) is 24.5 Å². The van der Waals surface area contributed by atoms with Gasteiger partial charge in [0, 0.05) is 31.9 Å². The van der Waals surface area contributed by atoms with Crippen LogP contribution in [0.3, 0.4) is 0 Å². The summed E-state index contributed by atoms with van der Waals surface area (Å²) in [6.45, 7) is 4.59. The standard InChI is InChI=1S/C12H15F3N4/c1-7-9-5-16-4-8(9)6-19(7)11-17-3-2-10(18-11)12(13,14)15/h2-3,7-9,16H,4-6H2,1H3. The van der Waals surface area contributed by atoms with E-state index in [0.29, 0.717) is 11.8 Å². The Balaban J connectivity index is 1.87. The molecule has 0 spiro atoms. The summed E-state index contributed by atoms with van der Waals surface area (Å²) in [5.74, 6) is 1.14. The monoisotopic (exact) mass is 272 g/mol. The molecule has 4 nitrogen and oxygen atoms in total. The number of rotatable bonds is 1. The van der Waals surface area contributed by atoms with Crippen LogP contribution in [0.25, 0.3) is 0 Å². The molecule has 7 heteroatoms. The molecule has 3 unspecified atom stereocenters. The molecule has 104 valence electrons. The Morgan fingerprint density at radius 3 is 2.84 bits per heavy atom. The predicted molar refractivity (Wildman–Crippen MR) is 63.7 cm³/mol. The molecule has 19 heavy (non-hydrogen) atoms. The van der Waals surface area contributed by atoms with Crippen molar-refractivity contribution in [1.82, 2.24) is 15.3 Å². The highest BCUT2D eigenvalue weighted by atomic mass is 19.4. The number of hydrogen-bond acceptors (Lipinski definition) is 4. The van der Waals surface area contributed by atoms with Gasteiger partial charge in [-0.05, 0) is 24.8 Å². The van der Waals surface area contributed by atoms with E-state index in [9.17, 15) is 13.2 Å². The van der Waals surface area contributed by atoms with E-state index in [4.69, 9.17) is 0 Å². The van der Waals surface area contributed by atoms with Crippen LogP contribution in [0.15, 0.2) is 12.3 Å². The molecule has 3 atom stereocenters. The molecule has 0 aromatic carbocycles. The van der Waals surface area contributed by atoms with Gasteiger partial charge >= 0.3 is 6.18 Å². The van der Waals surface area contributed by atoms with Gasteiger partial charge in [0.15, 0.2) is 0 Å². The highest BCUT2D eigenvalue weighted by Crippen LogP contribution is 2.35. The van der Waals surface area contributed by atoms with Crippen LogP contribution in [0.5, 0.6) is 0 Å². The number of fused-ring (bicyclic) bond motifs is 1. The lowest BCUT2D eigenvalue weighted by atomic mass is 9.95. The van der Waals surface area contributed by atoms with Crippen LogP contribution in [0.4, 0.5) is 19.1 Å². The van der Waals surface area contributed by atoms with Gasteiger partial charge in [0.25, 0.3) is 0 Å². The van der Waals surface area contributed by atoms with Gasteiger partial charge in [-0.2, -0.15) is 13.2 Å². The highest BCUT2D eigenvalue weighted by Gasteiger charge is 2.43. The predicted octanol–water partition coefficient (Wildman–Crippen LogP) is 1.54. The molecule has 0 amide bonds. The molecule has 1 aromatic rings. The third-order valence-corrected chi connectivity index (χ3v) is 4.12. The zero-order valence-corrected chi connectivity index (χ0v) is 10.5. The number of nitrogens with zero attached hydrogens (tertiary/aromatic N) is 3. The zero-order valence-electron chi connectivity index (χ0n) is 10.5. The molecule has 2 fully saturated rings. The summed E-state index contributed by atoms with van der Waals surface area (Å²) in [6, 6.07) is 1.08. The van der Waals surface area contributed by atoms with Gasteiger partial charge < -0.3 is 10.2 Å². The van der Waals surface area contributed by atoms with Crippen LogP contribution in [-0.2, 0) is 6.18 Å². The van der Waals surface area contributed by atoms with Crippen LogP contribution >= 0.6 is 0 Å². The Morgan fingerprint density at radius 2 is 2.16 bits per heavy atom. The van der Waals surface area contributed by atoms with E-state index in [1.165, 1.54) is 6.20 Å². The molecule has 2 aliphatic rings. The third kappa shape index (κ3) is 2.16. The van der Waals surface area contributed by atoms with Crippen LogP contribution in [0.2, 0.25) is 0 Å². The van der Waals surface area contributed by atoms with Crippen molar-refractivity contribution < 1.29 is 13.2 Å². The van der Waals surface area contributed by atoms with Gasteiger partial charge in [-0.1, -0.05) is 0 Å². The highest BCUT2D eigenvalue weighted by molar-refractivity contribution is 5.36. The van der Waals surface area contributed by atoms with Gasteiger partial charge in [-0.25, -0.2) is 9.97 Å². The van der Waals surface area contributed by atoms with Crippen LogP contribution < -0.4 is 10.2 Å². The van der Waals surface area contributed by atoms with E-state index in [-0.39, 0.29) is 12.0 Å². The van der Waals surface area contributed by atoms with Crippen LogP contribution in [-0.4, -0.2) is 35.6 Å². The maximum Gasteiger partial charge on any atom is 0.433 e. The molecule has 0 aliphatic carbocycles. The Labute approximate surface area is 109 Å². The van der Waals surface area contributed by atoms with Crippen molar-refractivity contribution in [3.63, 3.8) is 0 Å². The molecule has 2 aliphatic heterocycles.